The Kier molecular flexibility index (Phi) is 6.14. The van der Waals surface area contributed by atoms with E-state index in [-0.39, 0.29) is 24.4 Å². The molecule has 0 saturated carbocycles. The summed E-state index contributed by atoms with van der Waals surface area (Å²) >= 11 is 7.20. The molecule has 0 aliphatic carbocycles. The fourth-order valence-electron chi connectivity index (χ4n) is 1.89. The van der Waals surface area contributed by atoms with Gasteiger partial charge in [0.05, 0.1) is 4.90 Å². The average Bonchev–Trinajstić information content (AvgIpc) is 3.04. The molecule has 2 aromatic rings. The van der Waals surface area contributed by atoms with Gasteiger partial charge in [0.2, 0.25) is 15.9 Å². The van der Waals surface area contributed by atoms with Crippen molar-refractivity contribution < 1.29 is 13.2 Å². The number of nitrogens with zero attached hydrogens (tertiary/aromatic N) is 1. The SMILES string of the molecule is O=C(CCN(Cc1cccs1)S(=O)(=O)c1ccc(Cl)cc1)N[O-]. The first-order chi connectivity index (χ1) is 10.9. The van der Waals surface area contributed by atoms with Gasteiger partial charge in [0, 0.05) is 29.4 Å². The molecule has 124 valence electrons. The van der Waals surface area contributed by atoms with Crippen LogP contribution in [0.25, 0.3) is 0 Å². The zero-order chi connectivity index (χ0) is 16.9. The summed E-state index contributed by atoms with van der Waals surface area (Å²) in [5.74, 6) is -0.757. The Morgan fingerprint density at radius 3 is 2.52 bits per heavy atom. The van der Waals surface area contributed by atoms with E-state index in [2.05, 4.69) is 0 Å². The van der Waals surface area contributed by atoms with E-state index in [1.54, 1.807) is 0 Å². The number of hydroxylamine groups is 1. The van der Waals surface area contributed by atoms with Crippen LogP contribution < -0.4 is 5.48 Å². The van der Waals surface area contributed by atoms with Gasteiger partial charge < -0.3 is 10.7 Å². The minimum atomic E-state index is -3.80. The molecule has 0 fully saturated rings. The molecule has 0 saturated heterocycles. The number of thiophene rings is 1. The van der Waals surface area contributed by atoms with Gasteiger partial charge in [0.15, 0.2) is 0 Å². The number of hydrogen-bond donors (Lipinski definition) is 1. The van der Waals surface area contributed by atoms with Crippen LogP contribution in [0.1, 0.15) is 11.3 Å². The van der Waals surface area contributed by atoms with Gasteiger partial charge in [-0.05, 0) is 35.7 Å². The number of nitrogens with one attached hydrogen (secondary N) is 1. The standard InChI is InChI=1S/C14H14ClN2O4S2/c15-11-3-5-13(6-4-11)23(20,21)17(8-7-14(18)16-19)10-12-2-1-9-22-12/h1-6,9H,7-8,10H2,(H-,16,18,19)/q-1. The van der Waals surface area contributed by atoms with Crippen LogP contribution >= 0.6 is 22.9 Å². The van der Waals surface area contributed by atoms with Gasteiger partial charge in [-0.15, -0.1) is 11.3 Å². The van der Waals surface area contributed by atoms with E-state index in [0.29, 0.717) is 5.02 Å². The summed E-state index contributed by atoms with van der Waals surface area (Å²) in [6.45, 7) is 0.0473. The summed E-state index contributed by atoms with van der Waals surface area (Å²) in [6, 6.07) is 9.42. The Balaban J connectivity index is 2.26. The maximum Gasteiger partial charge on any atom is 0.243 e. The van der Waals surface area contributed by atoms with E-state index in [0.717, 1.165) is 4.88 Å². The summed E-state index contributed by atoms with van der Waals surface area (Å²) in [5.41, 5.74) is 1.25. The molecular weight excluding hydrogens is 360 g/mol. The molecule has 0 unspecified atom stereocenters. The van der Waals surface area contributed by atoms with Crippen molar-refractivity contribution in [3.05, 3.63) is 56.9 Å². The van der Waals surface area contributed by atoms with Crippen molar-refractivity contribution in [2.24, 2.45) is 0 Å². The highest BCUT2D eigenvalue weighted by Crippen LogP contribution is 2.22. The molecule has 9 heteroatoms. The molecule has 1 N–H and O–H groups in total. The van der Waals surface area contributed by atoms with Crippen LogP contribution in [0.4, 0.5) is 0 Å². The van der Waals surface area contributed by atoms with Crippen LogP contribution in [0, 0.1) is 5.21 Å². The van der Waals surface area contributed by atoms with Crippen molar-refractivity contribution in [3.63, 3.8) is 0 Å². The molecule has 0 aliphatic rings. The molecular formula is C14H14ClN2O4S2-. The Hall–Kier alpha value is -1.45. The molecule has 1 amide bonds. The summed E-state index contributed by atoms with van der Waals surface area (Å²) < 4.78 is 26.7. The van der Waals surface area contributed by atoms with Crippen LogP contribution in [-0.2, 0) is 21.4 Å². The lowest BCUT2D eigenvalue weighted by Crippen LogP contribution is -2.33. The third-order valence-corrected chi connectivity index (χ3v) is 6.04. The van der Waals surface area contributed by atoms with Crippen molar-refractivity contribution in [3.8, 4) is 0 Å². The maximum atomic E-state index is 12.7. The largest absolute Gasteiger partial charge is 0.759 e. The van der Waals surface area contributed by atoms with E-state index < -0.39 is 15.9 Å². The number of carbonyl (C=O) groups excluding carboxylic acids is 1. The minimum absolute atomic E-state index is 0.0842. The molecule has 1 heterocycles. The zero-order valence-electron chi connectivity index (χ0n) is 11.9. The molecule has 1 aromatic heterocycles. The van der Waals surface area contributed by atoms with E-state index in [1.807, 2.05) is 17.5 Å². The van der Waals surface area contributed by atoms with Crippen LogP contribution in [0.15, 0.2) is 46.7 Å². The number of benzene rings is 1. The topological polar surface area (TPSA) is 89.5 Å². The summed E-state index contributed by atoms with van der Waals surface area (Å²) in [6.07, 6.45) is -0.207. The third kappa shape index (κ3) is 4.76. The van der Waals surface area contributed by atoms with Crippen molar-refractivity contribution in [1.82, 2.24) is 9.79 Å². The molecule has 0 radical (unpaired) electrons. The summed E-state index contributed by atoms with van der Waals surface area (Å²) in [5, 5.41) is 12.6. The molecule has 6 nitrogen and oxygen atoms in total. The molecule has 0 aliphatic heterocycles. The second-order valence-electron chi connectivity index (χ2n) is 4.65. The molecule has 1 aromatic carbocycles. The van der Waals surface area contributed by atoms with Gasteiger partial charge in [-0.2, -0.15) is 4.31 Å². The molecule has 23 heavy (non-hydrogen) atoms. The normalized spacial score (nSPS) is 11.6. The lowest BCUT2D eigenvalue weighted by atomic mass is 10.4. The smallest absolute Gasteiger partial charge is 0.243 e. The van der Waals surface area contributed by atoms with Crippen LogP contribution in [0.2, 0.25) is 5.02 Å². The molecule has 0 atom stereocenters. The predicted molar refractivity (Wildman–Crippen MR) is 89.5 cm³/mol. The monoisotopic (exact) mass is 373 g/mol. The van der Waals surface area contributed by atoms with Crippen LogP contribution in [0.5, 0.6) is 0 Å². The summed E-state index contributed by atoms with van der Waals surface area (Å²) in [7, 11) is -3.80. The Morgan fingerprint density at radius 2 is 1.96 bits per heavy atom. The maximum absolute atomic E-state index is 12.7. The van der Waals surface area contributed by atoms with E-state index in [4.69, 9.17) is 11.6 Å². The van der Waals surface area contributed by atoms with E-state index in [9.17, 15) is 18.4 Å². The Labute approximate surface area is 143 Å². The van der Waals surface area contributed by atoms with Gasteiger partial charge in [0.25, 0.3) is 0 Å². The number of halogens is 1. The lowest BCUT2D eigenvalue weighted by Gasteiger charge is -2.22. The molecule has 0 spiro atoms. The second-order valence-corrected chi connectivity index (χ2v) is 8.05. The molecule has 2 rings (SSSR count). The second kappa shape index (κ2) is 7.89. The van der Waals surface area contributed by atoms with Crippen molar-refractivity contribution >= 4 is 38.9 Å². The third-order valence-electron chi connectivity index (χ3n) is 3.07. The number of rotatable bonds is 7. The Morgan fingerprint density at radius 1 is 1.26 bits per heavy atom. The highest BCUT2D eigenvalue weighted by atomic mass is 35.5. The van der Waals surface area contributed by atoms with Gasteiger partial charge in [0.1, 0.15) is 0 Å². The minimum Gasteiger partial charge on any atom is -0.759 e. The van der Waals surface area contributed by atoms with Gasteiger partial charge in [-0.1, -0.05) is 17.7 Å². The van der Waals surface area contributed by atoms with Gasteiger partial charge in [-0.25, -0.2) is 8.42 Å². The first kappa shape index (κ1) is 17.9. The lowest BCUT2D eigenvalue weighted by molar-refractivity contribution is -0.120. The number of carbonyl (C=O) groups is 1. The number of hydrogen-bond acceptors (Lipinski definition) is 5. The zero-order valence-corrected chi connectivity index (χ0v) is 14.3. The quantitative estimate of drug-likeness (QED) is 0.755. The first-order valence-corrected chi connectivity index (χ1v) is 9.32. The van der Waals surface area contributed by atoms with E-state index in [1.165, 1.54) is 45.4 Å². The van der Waals surface area contributed by atoms with Crippen LogP contribution in [0.3, 0.4) is 0 Å². The van der Waals surface area contributed by atoms with Crippen molar-refractivity contribution in [2.45, 2.75) is 17.9 Å². The van der Waals surface area contributed by atoms with Gasteiger partial charge >= 0.3 is 0 Å². The van der Waals surface area contributed by atoms with Crippen molar-refractivity contribution in [2.75, 3.05) is 6.54 Å². The average molecular weight is 374 g/mol. The highest BCUT2D eigenvalue weighted by molar-refractivity contribution is 7.89. The van der Waals surface area contributed by atoms with Crippen molar-refractivity contribution in [1.29, 1.82) is 0 Å². The van der Waals surface area contributed by atoms with Gasteiger partial charge in [-0.3, -0.25) is 4.79 Å². The fraction of sp³-hybridized carbons (Fsp3) is 0.214. The Bertz CT molecular complexity index is 746. The molecule has 0 bridgehead atoms. The number of sulfonamides is 1. The highest BCUT2D eigenvalue weighted by Gasteiger charge is 2.25. The number of amides is 1. The van der Waals surface area contributed by atoms with E-state index >= 15 is 0 Å². The summed E-state index contributed by atoms with van der Waals surface area (Å²) in [4.78, 5) is 12.1. The first-order valence-electron chi connectivity index (χ1n) is 6.62. The van der Waals surface area contributed by atoms with Crippen LogP contribution in [-0.4, -0.2) is 25.2 Å². The fourth-order valence-corrected chi connectivity index (χ4v) is 4.24. The predicted octanol–water partition coefficient (Wildman–Crippen LogP) is 2.60.